The highest BCUT2D eigenvalue weighted by atomic mass is 19.3. The lowest BCUT2D eigenvalue weighted by molar-refractivity contribution is -0.0522. The molecule has 0 aliphatic carbocycles. The van der Waals surface area contributed by atoms with Crippen molar-refractivity contribution in [2.45, 2.75) is 13.0 Å². The lowest BCUT2D eigenvalue weighted by Gasteiger charge is -2.08. The topological polar surface area (TPSA) is 22.1 Å². The van der Waals surface area contributed by atoms with Gasteiger partial charge in [0.05, 0.1) is 0 Å². The maximum atomic E-state index is 13.2. The molecule has 94 valence electrons. The third-order valence-corrected chi connectivity index (χ3v) is 2.34. The average Bonchev–Trinajstić information content (AvgIpc) is 2.34. The van der Waals surface area contributed by atoms with Gasteiger partial charge in [-0.15, -0.1) is 0 Å². The Morgan fingerprint density at radius 3 is 2.67 bits per heavy atom. The Balaban J connectivity index is 2.19. The summed E-state index contributed by atoms with van der Waals surface area (Å²) in [5.74, 6) is -1.24. The summed E-state index contributed by atoms with van der Waals surface area (Å²) >= 11 is 0. The van der Waals surface area contributed by atoms with Gasteiger partial charge >= 0.3 is 6.61 Å². The van der Waals surface area contributed by atoms with Crippen LogP contribution in [0.3, 0.4) is 0 Å². The van der Waals surface area contributed by atoms with Gasteiger partial charge in [-0.1, -0.05) is 12.1 Å². The van der Waals surface area contributed by atoms with Crippen molar-refractivity contribution in [3.63, 3.8) is 0 Å². The molecule has 2 aromatic rings. The van der Waals surface area contributed by atoms with Crippen molar-refractivity contribution in [2.24, 2.45) is 0 Å². The van der Waals surface area contributed by atoms with Crippen molar-refractivity contribution in [2.75, 3.05) is 0 Å². The van der Waals surface area contributed by atoms with Gasteiger partial charge in [0, 0.05) is 12.4 Å². The minimum atomic E-state index is -3.03. The van der Waals surface area contributed by atoms with E-state index in [-0.39, 0.29) is 0 Å². The molecule has 0 spiro atoms. The molecule has 2 rings (SSSR count). The summed E-state index contributed by atoms with van der Waals surface area (Å²) in [6.07, 6.45) is 3.78. The quantitative estimate of drug-likeness (QED) is 0.833. The van der Waals surface area contributed by atoms with Crippen LogP contribution >= 0.6 is 0 Å². The van der Waals surface area contributed by atoms with Gasteiger partial charge in [-0.05, 0) is 35.7 Å². The van der Waals surface area contributed by atoms with Crippen LogP contribution in [0, 0.1) is 5.82 Å². The molecule has 5 heteroatoms. The summed E-state index contributed by atoms with van der Waals surface area (Å²) in [6.45, 7) is -3.03. The molecule has 2 nitrogen and oxygen atoms in total. The van der Waals surface area contributed by atoms with E-state index in [0.717, 1.165) is 11.6 Å². The molecule has 0 radical (unpaired) electrons. The van der Waals surface area contributed by atoms with Gasteiger partial charge < -0.3 is 4.74 Å². The smallest absolute Gasteiger partial charge is 0.387 e. The second-order valence-corrected chi connectivity index (χ2v) is 3.68. The summed E-state index contributed by atoms with van der Waals surface area (Å²) in [5, 5.41) is 0. The number of ether oxygens (including phenoxy) is 1. The molecule has 0 aliphatic rings. The third kappa shape index (κ3) is 3.23. The van der Waals surface area contributed by atoms with Crippen molar-refractivity contribution < 1.29 is 17.9 Å². The molecule has 0 aliphatic heterocycles. The SMILES string of the molecule is Fc1ccc(Cc2cccnc2)cc1OC(F)F. The van der Waals surface area contributed by atoms with Gasteiger partial charge in [0.25, 0.3) is 0 Å². The second-order valence-electron chi connectivity index (χ2n) is 3.68. The predicted molar refractivity (Wildman–Crippen MR) is 60.1 cm³/mol. The largest absolute Gasteiger partial charge is 0.432 e. The Labute approximate surface area is 102 Å². The zero-order valence-corrected chi connectivity index (χ0v) is 9.32. The summed E-state index contributed by atoms with van der Waals surface area (Å²) < 4.78 is 41.4. The number of benzene rings is 1. The molecule has 1 aromatic heterocycles. The number of nitrogens with zero attached hydrogens (tertiary/aromatic N) is 1. The van der Waals surface area contributed by atoms with Crippen LogP contribution in [0.5, 0.6) is 5.75 Å². The Morgan fingerprint density at radius 1 is 1.17 bits per heavy atom. The molecular formula is C13H10F3NO. The Bertz CT molecular complexity index is 517. The van der Waals surface area contributed by atoms with E-state index in [1.807, 2.05) is 6.07 Å². The predicted octanol–water partition coefficient (Wildman–Crippen LogP) is 3.41. The molecule has 1 aromatic carbocycles. The van der Waals surface area contributed by atoms with Gasteiger partial charge in [0.2, 0.25) is 0 Å². The number of aromatic nitrogens is 1. The first-order valence-electron chi connectivity index (χ1n) is 5.27. The standard InChI is InChI=1S/C13H10F3NO/c14-11-4-3-9(7-12(11)18-13(15)16)6-10-2-1-5-17-8-10/h1-5,7-8,13H,6H2. The number of alkyl halides is 2. The molecular weight excluding hydrogens is 243 g/mol. The summed E-state index contributed by atoms with van der Waals surface area (Å²) in [7, 11) is 0. The highest BCUT2D eigenvalue weighted by Gasteiger charge is 2.10. The summed E-state index contributed by atoms with van der Waals surface area (Å²) in [4.78, 5) is 3.94. The Hall–Kier alpha value is -2.04. The Kier molecular flexibility index (Phi) is 3.82. The van der Waals surface area contributed by atoms with Crippen molar-refractivity contribution in [1.29, 1.82) is 0 Å². The number of pyridine rings is 1. The van der Waals surface area contributed by atoms with Gasteiger partial charge in [0.15, 0.2) is 11.6 Å². The number of rotatable bonds is 4. The van der Waals surface area contributed by atoms with Crippen LogP contribution < -0.4 is 4.74 Å². The first-order valence-corrected chi connectivity index (χ1v) is 5.27. The van der Waals surface area contributed by atoms with E-state index in [0.29, 0.717) is 12.0 Å². The second kappa shape index (κ2) is 5.53. The van der Waals surface area contributed by atoms with Crippen molar-refractivity contribution in [1.82, 2.24) is 4.98 Å². The molecule has 0 saturated heterocycles. The molecule has 0 bridgehead atoms. The fourth-order valence-electron chi connectivity index (χ4n) is 1.58. The van der Waals surface area contributed by atoms with Gasteiger partial charge in [-0.2, -0.15) is 8.78 Å². The molecule has 0 fully saturated rings. The fraction of sp³-hybridized carbons (Fsp3) is 0.154. The first-order chi connectivity index (χ1) is 8.65. The van der Waals surface area contributed by atoms with E-state index in [4.69, 9.17) is 0 Å². The van der Waals surface area contributed by atoms with Gasteiger partial charge in [-0.3, -0.25) is 4.98 Å². The highest BCUT2D eigenvalue weighted by Crippen LogP contribution is 2.22. The van der Waals surface area contributed by atoms with E-state index in [2.05, 4.69) is 9.72 Å². The van der Waals surface area contributed by atoms with Crippen molar-refractivity contribution in [3.05, 3.63) is 59.7 Å². The van der Waals surface area contributed by atoms with Crippen LogP contribution in [0.15, 0.2) is 42.7 Å². The molecule has 0 amide bonds. The van der Waals surface area contributed by atoms with Crippen LogP contribution in [-0.2, 0) is 6.42 Å². The molecule has 0 saturated carbocycles. The maximum absolute atomic E-state index is 13.2. The number of hydrogen-bond acceptors (Lipinski definition) is 2. The monoisotopic (exact) mass is 253 g/mol. The van der Waals surface area contributed by atoms with Crippen LogP contribution in [0.4, 0.5) is 13.2 Å². The van der Waals surface area contributed by atoms with Crippen LogP contribution in [-0.4, -0.2) is 11.6 Å². The highest BCUT2D eigenvalue weighted by molar-refractivity contribution is 5.33. The molecule has 18 heavy (non-hydrogen) atoms. The molecule has 1 heterocycles. The zero-order valence-electron chi connectivity index (χ0n) is 9.32. The van der Waals surface area contributed by atoms with Crippen LogP contribution in [0.25, 0.3) is 0 Å². The average molecular weight is 253 g/mol. The van der Waals surface area contributed by atoms with Crippen molar-refractivity contribution in [3.8, 4) is 5.75 Å². The third-order valence-electron chi connectivity index (χ3n) is 2.34. The zero-order chi connectivity index (χ0) is 13.0. The lowest BCUT2D eigenvalue weighted by atomic mass is 10.1. The van der Waals surface area contributed by atoms with Crippen LogP contribution in [0.1, 0.15) is 11.1 Å². The van der Waals surface area contributed by atoms with Gasteiger partial charge in [-0.25, -0.2) is 4.39 Å². The molecule has 0 unspecified atom stereocenters. The van der Waals surface area contributed by atoms with E-state index in [1.54, 1.807) is 18.5 Å². The van der Waals surface area contributed by atoms with E-state index in [1.165, 1.54) is 12.1 Å². The minimum Gasteiger partial charge on any atom is -0.432 e. The van der Waals surface area contributed by atoms with E-state index < -0.39 is 18.2 Å². The number of halogens is 3. The molecule has 0 atom stereocenters. The van der Waals surface area contributed by atoms with Crippen molar-refractivity contribution >= 4 is 0 Å². The van der Waals surface area contributed by atoms with E-state index >= 15 is 0 Å². The first kappa shape index (κ1) is 12.4. The number of hydrogen-bond donors (Lipinski definition) is 0. The maximum Gasteiger partial charge on any atom is 0.387 e. The Morgan fingerprint density at radius 2 is 2.00 bits per heavy atom. The van der Waals surface area contributed by atoms with E-state index in [9.17, 15) is 13.2 Å². The molecule has 0 N–H and O–H groups in total. The summed E-state index contributed by atoms with van der Waals surface area (Å²) in [5.41, 5.74) is 1.59. The minimum absolute atomic E-state index is 0.439. The lowest BCUT2D eigenvalue weighted by Crippen LogP contribution is -2.04. The summed E-state index contributed by atoms with van der Waals surface area (Å²) in [6, 6.07) is 7.54. The normalized spacial score (nSPS) is 10.7. The fourth-order valence-corrected chi connectivity index (χ4v) is 1.58. The van der Waals surface area contributed by atoms with Crippen LogP contribution in [0.2, 0.25) is 0 Å². The van der Waals surface area contributed by atoms with Gasteiger partial charge in [0.1, 0.15) is 0 Å².